The number of hydrogen-bond donors (Lipinski definition) is 10. The van der Waals surface area contributed by atoms with Crippen LogP contribution in [0.1, 0.15) is 0 Å². The van der Waals surface area contributed by atoms with Gasteiger partial charge in [0.1, 0.15) is 67.1 Å². The van der Waals surface area contributed by atoms with E-state index in [9.17, 15) is 51.1 Å². The fourth-order valence-electron chi connectivity index (χ4n) is 3.67. The van der Waals surface area contributed by atoms with E-state index in [1.165, 1.54) is 0 Å². The Balaban J connectivity index is 1.64. The molecule has 3 heterocycles. The Bertz CT molecular complexity index is 596. The van der Waals surface area contributed by atoms with Crippen LogP contribution in [0.3, 0.4) is 0 Å². The molecule has 0 aliphatic carbocycles. The average Bonchev–Trinajstić information content (AvgIpc) is 2.77. The van der Waals surface area contributed by atoms with E-state index in [4.69, 9.17) is 23.7 Å². The summed E-state index contributed by atoms with van der Waals surface area (Å²) in [4.78, 5) is 0. The lowest BCUT2D eigenvalue weighted by Gasteiger charge is -2.45. The van der Waals surface area contributed by atoms with Gasteiger partial charge in [-0.2, -0.15) is 0 Å². The number of ether oxygens (including phenoxy) is 5. The van der Waals surface area contributed by atoms with Crippen molar-refractivity contribution in [1.82, 2.24) is 0 Å². The molecule has 0 amide bonds. The smallest absolute Gasteiger partial charge is 0.187 e. The fraction of sp³-hybridized carbons (Fsp3) is 1.00. The molecule has 0 aromatic heterocycles. The summed E-state index contributed by atoms with van der Waals surface area (Å²) in [5.41, 5.74) is 0. The summed E-state index contributed by atoms with van der Waals surface area (Å²) < 4.78 is 25.9. The van der Waals surface area contributed by atoms with Gasteiger partial charge in [-0.3, -0.25) is 0 Å². The van der Waals surface area contributed by atoms with Gasteiger partial charge in [0.05, 0.1) is 19.8 Å². The molecule has 0 saturated carbocycles. The standard InChI is InChI=1S/C17H30O15/c18-1-5-9(22)14(13(26)15(27)30-5)32-17-12(25)10(23)8(21)6(31-17)3-29-16-11(24)7(20)4(19)2-28-16/h4-27H,1-3H2/t4-,5-,6-,7+,8-,9-,10+,11-,12-,13-,14+,15-,16+,17+/m1/s1. The van der Waals surface area contributed by atoms with Crippen LogP contribution in [0.2, 0.25) is 0 Å². The molecule has 10 N–H and O–H groups in total. The van der Waals surface area contributed by atoms with E-state index in [2.05, 4.69) is 0 Å². The van der Waals surface area contributed by atoms with Crippen molar-refractivity contribution in [2.45, 2.75) is 86.0 Å². The molecule has 3 saturated heterocycles. The van der Waals surface area contributed by atoms with Gasteiger partial charge in [-0.05, 0) is 0 Å². The van der Waals surface area contributed by atoms with Gasteiger partial charge in [0, 0.05) is 0 Å². The Morgan fingerprint density at radius 3 is 1.97 bits per heavy atom. The predicted molar refractivity (Wildman–Crippen MR) is 95.2 cm³/mol. The second kappa shape index (κ2) is 10.8. The third-order valence-electron chi connectivity index (χ3n) is 5.68. The Labute approximate surface area is 181 Å². The van der Waals surface area contributed by atoms with Crippen molar-refractivity contribution in [2.24, 2.45) is 0 Å². The van der Waals surface area contributed by atoms with E-state index < -0.39 is 99.2 Å². The normalized spacial score (nSPS) is 52.7. The van der Waals surface area contributed by atoms with Crippen LogP contribution in [0.5, 0.6) is 0 Å². The molecule has 188 valence electrons. The third kappa shape index (κ3) is 5.22. The molecule has 15 heteroatoms. The van der Waals surface area contributed by atoms with Crippen LogP contribution in [0.15, 0.2) is 0 Å². The molecule has 0 aromatic rings. The van der Waals surface area contributed by atoms with Crippen LogP contribution >= 0.6 is 0 Å². The lowest BCUT2D eigenvalue weighted by atomic mass is 9.97. The second-order valence-electron chi connectivity index (χ2n) is 7.93. The van der Waals surface area contributed by atoms with Gasteiger partial charge in [0.25, 0.3) is 0 Å². The Hall–Kier alpha value is -0.600. The van der Waals surface area contributed by atoms with Crippen molar-refractivity contribution < 1.29 is 74.7 Å². The van der Waals surface area contributed by atoms with Crippen molar-refractivity contribution in [1.29, 1.82) is 0 Å². The zero-order valence-electron chi connectivity index (χ0n) is 16.7. The minimum Gasteiger partial charge on any atom is -0.394 e. The van der Waals surface area contributed by atoms with Gasteiger partial charge in [-0.25, -0.2) is 0 Å². The molecular weight excluding hydrogens is 444 g/mol. The monoisotopic (exact) mass is 474 g/mol. The van der Waals surface area contributed by atoms with Crippen molar-refractivity contribution in [3.8, 4) is 0 Å². The van der Waals surface area contributed by atoms with Crippen LogP contribution in [-0.2, 0) is 23.7 Å². The fourth-order valence-corrected chi connectivity index (χ4v) is 3.67. The molecule has 0 spiro atoms. The first-order chi connectivity index (χ1) is 15.1. The van der Waals surface area contributed by atoms with Crippen LogP contribution in [0.4, 0.5) is 0 Å². The van der Waals surface area contributed by atoms with Crippen LogP contribution in [-0.4, -0.2) is 157 Å². The maximum Gasteiger partial charge on any atom is 0.187 e. The number of aliphatic hydroxyl groups excluding tert-OH is 10. The van der Waals surface area contributed by atoms with E-state index in [1.54, 1.807) is 0 Å². The molecule has 3 aliphatic rings. The number of rotatable bonds is 6. The lowest BCUT2D eigenvalue weighted by Crippen LogP contribution is -2.64. The minimum absolute atomic E-state index is 0.335. The quantitative estimate of drug-likeness (QED) is 0.172. The molecule has 0 bridgehead atoms. The summed E-state index contributed by atoms with van der Waals surface area (Å²) in [5.74, 6) is 0. The van der Waals surface area contributed by atoms with E-state index >= 15 is 0 Å². The SMILES string of the molecule is OC[C@H]1O[C@@H](O)[C@H](O)[C@@H](O[C@@H]2O[C@H](CO[C@@H]3OC[C@@H](O)[C@H](O)[C@H]3O)[C@@H](O)[C@H](O)[C@H]2O)[C@@H]1O. The third-order valence-corrected chi connectivity index (χ3v) is 5.68. The molecule has 0 radical (unpaired) electrons. The highest BCUT2D eigenvalue weighted by Crippen LogP contribution is 2.29. The highest BCUT2D eigenvalue weighted by Gasteiger charge is 2.50. The number of hydrogen-bond acceptors (Lipinski definition) is 15. The zero-order valence-corrected chi connectivity index (χ0v) is 16.7. The van der Waals surface area contributed by atoms with E-state index in [0.29, 0.717) is 0 Å². The van der Waals surface area contributed by atoms with Crippen molar-refractivity contribution in [2.75, 3.05) is 19.8 Å². The summed E-state index contributed by atoms with van der Waals surface area (Å²) in [6, 6.07) is 0. The summed E-state index contributed by atoms with van der Waals surface area (Å²) in [5, 5.41) is 98.9. The summed E-state index contributed by atoms with van der Waals surface area (Å²) in [6.07, 6.45) is -22.6. The molecule has 3 fully saturated rings. The first-order valence-corrected chi connectivity index (χ1v) is 9.99. The van der Waals surface area contributed by atoms with E-state index in [-0.39, 0.29) is 6.61 Å². The van der Waals surface area contributed by atoms with Crippen molar-refractivity contribution in [3.05, 3.63) is 0 Å². The molecule has 3 rings (SSSR count). The van der Waals surface area contributed by atoms with Crippen LogP contribution < -0.4 is 0 Å². The van der Waals surface area contributed by atoms with Crippen molar-refractivity contribution in [3.63, 3.8) is 0 Å². The minimum atomic E-state index is -1.85. The Kier molecular flexibility index (Phi) is 8.75. The predicted octanol–water partition coefficient (Wildman–Crippen LogP) is -6.93. The van der Waals surface area contributed by atoms with E-state index in [0.717, 1.165) is 0 Å². The molecule has 3 aliphatic heterocycles. The molecule has 14 atom stereocenters. The molecular formula is C17H30O15. The zero-order chi connectivity index (χ0) is 23.7. The van der Waals surface area contributed by atoms with Gasteiger partial charge in [0.15, 0.2) is 18.9 Å². The summed E-state index contributed by atoms with van der Waals surface area (Å²) in [7, 11) is 0. The largest absolute Gasteiger partial charge is 0.394 e. The average molecular weight is 474 g/mol. The summed E-state index contributed by atoms with van der Waals surface area (Å²) in [6.45, 7) is -1.59. The molecule has 0 aromatic carbocycles. The molecule has 32 heavy (non-hydrogen) atoms. The maximum atomic E-state index is 10.2. The van der Waals surface area contributed by atoms with Gasteiger partial charge in [-0.1, -0.05) is 0 Å². The Morgan fingerprint density at radius 1 is 0.656 bits per heavy atom. The van der Waals surface area contributed by atoms with Gasteiger partial charge < -0.3 is 74.7 Å². The second-order valence-corrected chi connectivity index (χ2v) is 7.93. The molecule has 0 unspecified atom stereocenters. The first kappa shape index (κ1) is 26.0. The van der Waals surface area contributed by atoms with Crippen LogP contribution in [0, 0.1) is 0 Å². The Morgan fingerprint density at radius 2 is 1.31 bits per heavy atom. The maximum absolute atomic E-state index is 10.2. The number of aliphatic hydroxyl groups is 10. The summed E-state index contributed by atoms with van der Waals surface area (Å²) >= 11 is 0. The highest BCUT2D eigenvalue weighted by molar-refractivity contribution is 4.94. The van der Waals surface area contributed by atoms with Crippen LogP contribution in [0.25, 0.3) is 0 Å². The highest BCUT2D eigenvalue weighted by atomic mass is 16.7. The molecule has 15 nitrogen and oxygen atoms in total. The van der Waals surface area contributed by atoms with Gasteiger partial charge >= 0.3 is 0 Å². The van der Waals surface area contributed by atoms with Crippen molar-refractivity contribution >= 4 is 0 Å². The first-order valence-electron chi connectivity index (χ1n) is 9.99. The van der Waals surface area contributed by atoms with Gasteiger partial charge in [0.2, 0.25) is 0 Å². The lowest BCUT2D eigenvalue weighted by molar-refractivity contribution is -0.360. The van der Waals surface area contributed by atoms with E-state index in [1.807, 2.05) is 0 Å². The van der Waals surface area contributed by atoms with Gasteiger partial charge in [-0.15, -0.1) is 0 Å². The topological polar surface area (TPSA) is 248 Å².